The molecule has 0 amide bonds. The molecule has 0 aliphatic carbocycles. The van der Waals surface area contributed by atoms with E-state index in [2.05, 4.69) is 0 Å². The first-order chi connectivity index (χ1) is 10.6. The molecule has 1 heterocycles. The average molecular weight is 312 g/mol. The van der Waals surface area contributed by atoms with Gasteiger partial charge >= 0.3 is 11.9 Å². The molecule has 0 spiro atoms. The molecule has 110 valence electrons. The Morgan fingerprint density at radius 2 is 1.86 bits per heavy atom. The van der Waals surface area contributed by atoms with Crippen LogP contribution in [-0.2, 0) is 9.59 Å². The van der Waals surface area contributed by atoms with Gasteiger partial charge in [0.1, 0.15) is 0 Å². The molecule has 0 bridgehead atoms. The Morgan fingerprint density at radius 1 is 1.09 bits per heavy atom. The van der Waals surface area contributed by atoms with Crippen LogP contribution in [0.1, 0.15) is 5.56 Å². The molecule has 2 N–H and O–H groups in total. The summed E-state index contributed by atoms with van der Waals surface area (Å²) in [6.07, 6.45) is 5.30. The summed E-state index contributed by atoms with van der Waals surface area (Å²) in [4.78, 5) is 22.4. The van der Waals surface area contributed by atoms with Gasteiger partial charge in [-0.05, 0) is 35.7 Å². The number of benzene rings is 2. The van der Waals surface area contributed by atoms with E-state index in [1.54, 1.807) is 0 Å². The Hall–Kier alpha value is -2.45. The van der Waals surface area contributed by atoms with E-state index in [0.29, 0.717) is 6.16 Å². The van der Waals surface area contributed by atoms with Crippen LogP contribution >= 0.6 is 7.92 Å². The van der Waals surface area contributed by atoms with Crippen molar-refractivity contribution in [2.75, 3.05) is 6.16 Å². The summed E-state index contributed by atoms with van der Waals surface area (Å²) < 4.78 is 0. The van der Waals surface area contributed by atoms with Gasteiger partial charge in [0.25, 0.3) is 0 Å². The van der Waals surface area contributed by atoms with Crippen LogP contribution in [0.25, 0.3) is 16.8 Å². The van der Waals surface area contributed by atoms with Gasteiger partial charge in [-0.1, -0.05) is 48.6 Å². The summed E-state index contributed by atoms with van der Waals surface area (Å²) in [6, 6.07) is 11.8. The van der Waals surface area contributed by atoms with Crippen LogP contribution < -0.4 is 5.30 Å². The number of carboxylic acid groups (broad SMARTS) is 2. The second-order valence-electron chi connectivity index (χ2n) is 4.91. The van der Waals surface area contributed by atoms with Crippen LogP contribution in [0.4, 0.5) is 0 Å². The summed E-state index contributed by atoms with van der Waals surface area (Å²) in [5.74, 6) is -2.39. The number of hydrogen-bond acceptors (Lipinski definition) is 2. The largest absolute Gasteiger partial charge is 0.478 e. The summed E-state index contributed by atoms with van der Waals surface area (Å²) in [6.45, 7) is 0. The molecule has 1 atom stereocenters. The maximum Gasteiger partial charge on any atom is 0.336 e. The highest BCUT2D eigenvalue weighted by atomic mass is 31.1. The Bertz CT molecular complexity index is 836. The molecular weight excluding hydrogens is 299 g/mol. The third-order valence-electron chi connectivity index (χ3n) is 3.58. The van der Waals surface area contributed by atoms with Crippen LogP contribution in [0, 0.1) is 0 Å². The van der Waals surface area contributed by atoms with Crippen molar-refractivity contribution >= 4 is 42.0 Å². The van der Waals surface area contributed by atoms with E-state index in [1.807, 2.05) is 48.6 Å². The number of rotatable bonds is 3. The lowest BCUT2D eigenvalue weighted by Crippen LogP contribution is -2.16. The van der Waals surface area contributed by atoms with Gasteiger partial charge in [0.05, 0.1) is 5.31 Å². The summed E-state index contributed by atoms with van der Waals surface area (Å²) in [5.41, 5.74) is 0.994. The number of carbonyl (C=O) groups is 2. The van der Waals surface area contributed by atoms with Gasteiger partial charge in [-0.15, -0.1) is 0 Å². The zero-order valence-electron chi connectivity index (χ0n) is 11.6. The monoisotopic (exact) mass is 312 g/mol. The maximum absolute atomic E-state index is 11.5. The Kier molecular flexibility index (Phi) is 3.78. The van der Waals surface area contributed by atoms with Gasteiger partial charge in [0.2, 0.25) is 0 Å². The van der Waals surface area contributed by atoms with E-state index in [-0.39, 0.29) is 5.31 Å². The Morgan fingerprint density at radius 3 is 2.59 bits per heavy atom. The van der Waals surface area contributed by atoms with E-state index in [1.165, 1.54) is 0 Å². The van der Waals surface area contributed by atoms with Crippen LogP contribution in [-0.4, -0.2) is 28.3 Å². The molecule has 1 unspecified atom stereocenters. The van der Waals surface area contributed by atoms with Crippen LogP contribution in [0.2, 0.25) is 0 Å². The van der Waals surface area contributed by atoms with Crippen LogP contribution in [0.3, 0.4) is 0 Å². The number of carboxylic acids is 2. The molecule has 0 saturated heterocycles. The van der Waals surface area contributed by atoms with Gasteiger partial charge in [0, 0.05) is 6.08 Å². The van der Waals surface area contributed by atoms with Crippen molar-refractivity contribution in [2.24, 2.45) is 0 Å². The fourth-order valence-corrected chi connectivity index (χ4v) is 4.88. The smallest absolute Gasteiger partial charge is 0.336 e. The summed E-state index contributed by atoms with van der Waals surface area (Å²) >= 11 is 0. The van der Waals surface area contributed by atoms with Gasteiger partial charge in [0.15, 0.2) is 0 Å². The lowest BCUT2D eigenvalue weighted by Gasteiger charge is -2.23. The predicted octanol–water partition coefficient (Wildman–Crippen LogP) is 3.03. The molecule has 0 saturated carbocycles. The first-order valence-corrected chi connectivity index (χ1v) is 8.24. The molecule has 0 fully saturated rings. The predicted molar refractivity (Wildman–Crippen MR) is 87.8 cm³/mol. The minimum atomic E-state index is -1.23. The highest BCUT2D eigenvalue weighted by molar-refractivity contribution is 7.71. The topological polar surface area (TPSA) is 74.6 Å². The zero-order chi connectivity index (χ0) is 15.7. The first-order valence-electron chi connectivity index (χ1n) is 6.71. The lowest BCUT2D eigenvalue weighted by atomic mass is 10.0. The third kappa shape index (κ3) is 2.53. The summed E-state index contributed by atoms with van der Waals surface area (Å²) in [7, 11) is -1.20. The normalized spacial score (nSPS) is 17.3. The standard InChI is InChI=1S/C17H13O4P/c18-16(19)10-15(17(20)21)22-9-3-6-13-12-5-2-1-4-11(12)7-8-14(13)22/h1-8,10H,9H2,(H,18,19)(H,20,21)/b15-10+. The molecule has 0 radical (unpaired) electrons. The average Bonchev–Trinajstić information content (AvgIpc) is 2.51. The maximum atomic E-state index is 11.5. The molecule has 2 aromatic rings. The zero-order valence-corrected chi connectivity index (χ0v) is 12.5. The molecule has 22 heavy (non-hydrogen) atoms. The quantitative estimate of drug-likeness (QED) is 0.675. The van der Waals surface area contributed by atoms with Crippen molar-refractivity contribution in [3.8, 4) is 0 Å². The molecule has 0 aromatic heterocycles. The van der Waals surface area contributed by atoms with E-state index in [9.17, 15) is 14.7 Å². The molecule has 3 rings (SSSR count). The Labute approximate surface area is 128 Å². The van der Waals surface area contributed by atoms with Crippen molar-refractivity contribution < 1.29 is 19.8 Å². The van der Waals surface area contributed by atoms with Gasteiger partial charge in [-0.2, -0.15) is 0 Å². The summed E-state index contributed by atoms with van der Waals surface area (Å²) in [5, 5.41) is 21.4. The van der Waals surface area contributed by atoms with Crippen LogP contribution in [0.5, 0.6) is 0 Å². The fourth-order valence-electron chi connectivity index (χ4n) is 2.67. The van der Waals surface area contributed by atoms with Gasteiger partial charge in [-0.3, -0.25) is 0 Å². The SMILES string of the molecule is O=C(O)/C=C(\C(=O)O)P1CC=Cc2c1ccc1ccccc21. The third-order valence-corrected chi connectivity index (χ3v) is 6.03. The molecular formula is C17H13O4P. The Balaban J connectivity index is 2.20. The number of fused-ring (bicyclic) bond motifs is 3. The molecule has 1 aliphatic heterocycles. The fraction of sp³-hybridized carbons (Fsp3) is 0.0588. The minimum absolute atomic E-state index is 0.0246. The van der Waals surface area contributed by atoms with Crippen molar-refractivity contribution in [1.29, 1.82) is 0 Å². The van der Waals surface area contributed by atoms with Crippen molar-refractivity contribution in [3.63, 3.8) is 0 Å². The molecule has 2 aromatic carbocycles. The van der Waals surface area contributed by atoms with Gasteiger partial charge < -0.3 is 10.2 Å². The number of hydrogen-bond donors (Lipinski definition) is 2. The second kappa shape index (κ2) is 5.74. The molecule has 5 heteroatoms. The van der Waals surface area contributed by atoms with Crippen molar-refractivity contribution in [3.05, 3.63) is 59.4 Å². The minimum Gasteiger partial charge on any atom is -0.478 e. The molecule has 1 aliphatic rings. The second-order valence-corrected chi connectivity index (χ2v) is 7.09. The van der Waals surface area contributed by atoms with E-state index < -0.39 is 19.9 Å². The van der Waals surface area contributed by atoms with Crippen molar-refractivity contribution in [2.45, 2.75) is 0 Å². The first kappa shape index (κ1) is 14.5. The highest BCUT2D eigenvalue weighted by Gasteiger charge is 2.26. The van der Waals surface area contributed by atoms with Gasteiger partial charge in [-0.25, -0.2) is 9.59 Å². The van der Waals surface area contributed by atoms with Crippen LogP contribution in [0.15, 0.2) is 53.9 Å². The van der Waals surface area contributed by atoms with E-state index in [0.717, 1.165) is 27.7 Å². The number of allylic oxidation sites excluding steroid dienone is 1. The van der Waals surface area contributed by atoms with Crippen molar-refractivity contribution in [1.82, 2.24) is 0 Å². The van der Waals surface area contributed by atoms with E-state index in [4.69, 9.17) is 5.11 Å². The number of aliphatic carboxylic acids is 2. The highest BCUT2D eigenvalue weighted by Crippen LogP contribution is 2.48. The molecule has 4 nitrogen and oxygen atoms in total. The lowest BCUT2D eigenvalue weighted by molar-refractivity contribution is -0.134. The van der Waals surface area contributed by atoms with E-state index >= 15 is 0 Å².